The van der Waals surface area contributed by atoms with Gasteiger partial charge in [0.2, 0.25) is 0 Å². The molecule has 0 spiro atoms. The predicted octanol–water partition coefficient (Wildman–Crippen LogP) is 2.32. The fourth-order valence-electron chi connectivity index (χ4n) is 1.69. The van der Waals surface area contributed by atoms with Crippen molar-refractivity contribution in [1.29, 1.82) is 0 Å². The van der Waals surface area contributed by atoms with Crippen molar-refractivity contribution in [2.45, 2.75) is 26.5 Å². The summed E-state index contributed by atoms with van der Waals surface area (Å²) < 4.78 is 5.70. The molecule has 0 bridgehead atoms. The van der Waals surface area contributed by atoms with E-state index in [0.717, 1.165) is 22.6 Å². The van der Waals surface area contributed by atoms with Crippen LogP contribution in [0.25, 0.3) is 11.3 Å². The number of nitrogens with two attached hydrogens (primary N) is 1. The van der Waals surface area contributed by atoms with Gasteiger partial charge >= 0.3 is 0 Å². The summed E-state index contributed by atoms with van der Waals surface area (Å²) in [5, 5.41) is 6.95. The van der Waals surface area contributed by atoms with E-state index in [4.69, 9.17) is 10.5 Å². The second-order valence-electron chi connectivity index (χ2n) is 4.15. The van der Waals surface area contributed by atoms with Crippen LogP contribution in [0.5, 0.6) is 5.75 Å². The van der Waals surface area contributed by atoms with E-state index in [9.17, 15) is 0 Å². The van der Waals surface area contributed by atoms with Gasteiger partial charge in [-0.05, 0) is 38.1 Å². The first-order chi connectivity index (χ1) is 8.20. The van der Waals surface area contributed by atoms with Gasteiger partial charge in [-0.15, -0.1) is 0 Å². The van der Waals surface area contributed by atoms with Gasteiger partial charge in [0.1, 0.15) is 5.75 Å². The second-order valence-corrected chi connectivity index (χ2v) is 4.15. The van der Waals surface area contributed by atoms with Gasteiger partial charge in [-0.2, -0.15) is 5.10 Å². The lowest BCUT2D eigenvalue weighted by Gasteiger charge is -2.14. The fourth-order valence-corrected chi connectivity index (χ4v) is 1.69. The molecule has 0 atom stereocenters. The molecule has 0 amide bonds. The molecule has 0 unspecified atom stereocenters. The highest BCUT2D eigenvalue weighted by molar-refractivity contribution is 5.61. The third-order valence-electron chi connectivity index (χ3n) is 2.44. The van der Waals surface area contributed by atoms with E-state index in [0.29, 0.717) is 6.54 Å². The molecule has 0 aliphatic heterocycles. The molecule has 3 N–H and O–H groups in total. The van der Waals surface area contributed by atoms with Gasteiger partial charge in [0.25, 0.3) is 0 Å². The lowest BCUT2D eigenvalue weighted by molar-refractivity contribution is 0.240. The minimum atomic E-state index is 0.150. The first kappa shape index (κ1) is 11.7. The molecular formula is C13H17N3O. The summed E-state index contributed by atoms with van der Waals surface area (Å²) in [6.45, 7) is 4.46. The van der Waals surface area contributed by atoms with Crippen molar-refractivity contribution in [2.24, 2.45) is 5.73 Å². The SMILES string of the molecule is CC(C)Oc1ccc(-c2cc[nH]n2)cc1CN. The smallest absolute Gasteiger partial charge is 0.124 e. The maximum absolute atomic E-state index is 5.74. The Morgan fingerprint density at radius 3 is 2.76 bits per heavy atom. The van der Waals surface area contributed by atoms with Gasteiger partial charge in [0.05, 0.1) is 11.8 Å². The molecule has 2 aromatic rings. The number of aromatic amines is 1. The number of benzene rings is 1. The summed E-state index contributed by atoms with van der Waals surface area (Å²) in [7, 11) is 0. The van der Waals surface area contributed by atoms with Crippen LogP contribution in [0.2, 0.25) is 0 Å². The average molecular weight is 231 g/mol. The van der Waals surface area contributed by atoms with Gasteiger partial charge < -0.3 is 10.5 Å². The van der Waals surface area contributed by atoms with Crippen molar-refractivity contribution in [3.63, 3.8) is 0 Å². The van der Waals surface area contributed by atoms with E-state index in [-0.39, 0.29) is 6.10 Å². The molecule has 4 heteroatoms. The lowest BCUT2D eigenvalue weighted by atomic mass is 10.1. The molecule has 0 aliphatic rings. The maximum Gasteiger partial charge on any atom is 0.124 e. The second kappa shape index (κ2) is 5.01. The van der Waals surface area contributed by atoms with Gasteiger partial charge in [-0.1, -0.05) is 0 Å². The van der Waals surface area contributed by atoms with Gasteiger partial charge in [-0.3, -0.25) is 5.10 Å². The minimum Gasteiger partial charge on any atom is -0.491 e. The number of nitrogens with one attached hydrogen (secondary N) is 1. The first-order valence-corrected chi connectivity index (χ1v) is 5.70. The van der Waals surface area contributed by atoms with Crippen LogP contribution >= 0.6 is 0 Å². The number of aromatic nitrogens is 2. The minimum absolute atomic E-state index is 0.150. The fraction of sp³-hybridized carbons (Fsp3) is 0.308. The number of ether oxygens (including phenoxy) is 1. The number of H-pyrrole nitrogens is 1. The molecule has 0 aliphatic carbocycles. The highest BCUT2D eigenvalue weighted by Crippen LogP contribution is 2.25. The molecule has 0 fully saturated rings. The van der Waals surface area contributed by atoms with E-state index in [1.807, 2.05) is 38.1 Å². The van der Waals surface area contributed by atoms with E-state index in [2.05, 4.69) is 10.2 Å². The Hall–Kier alpha value is -1.81. The van der Waals surface area contributed by atoms with Crippen LogP contribution in [0.4, 0.5) is 0 Å². The normalized spacial score (nSPS) is 10.8. The summed E-state index contributed by atoms with van der Waals surface area (Å²) >= 11 is 0. The Kier molecular flexibility index (Phi) is 3.44. The first-order valence-electron chi connectivity index (χ1n) is 5.70. The van der Waals surface area contributed by atoms with E-state index >= 15 is 0 Å². The average Bonchev–Trinajstić information content (AvgIpc) is 2.82. The van der Waals surface area contributed by atoms with Crippen molar-refractivity contribution in [1.82, 2.24) is 10.2 Å². The maximum atomic E-state index is 5.74. The Morgan fingerprint density at radius 1 is 1.35 bits per heavy atom. The topological polar surface area (TPSA) is 63.9 Å². The molecule has 1 aromatic carbocycles. The van der Waals surface area contributed by atoms with Crippen molar-refractivity contribution in [2.75, 3.05) is 0 Å². The molecule has 1 aromatic heterocycles. The number of rotatable bonds is 4. The van der Waals surface area contributed by atoms with E-state index < -0.39 is 0 Å². The van der Waals surface area contributed by atoms with Crippen molar-refractivity contribution >= 4 is 0 Å². The Labute approximate surface area is 101 Å². The number of hydrogen-bond acceptors (Lipinski definition) is 3. The van der Waals surface area contributed by atoms with E-state index in [1.165, 1.54) is 0 Å². The molecule has 90 valence electrons. The summed E-state index contributed by atoms with van der Waals surface area (Å²) in [5.74, 6) is 0.849. The van der Waals surface area contributed by atoms with Gasteiger partial charge in [0.15, 0.2) is 0 Å². The van der Waals surface area contributed by atoms with Gasteiger partial charge in [0, 0.05) is 23.9 Å². The summed E-state index contributed by atoms with van der Waals surface area (Å²) in [4.78, 5) is 0. The van der Waals surface area contributed by atoms with E-state index in [1.54, 1.807) is 6.20 Å². The van der Waals surface area contributed by atoms with Crippen LogP contribution in [0.3, 0.4) is 0 Å². The Bertz CT molecular complexity index is 477. The molecule has 0 saturated carbocycles. The van der Waals surface area contributed by atoms with Gasteiger partial charge in [-0.25, -0.2) is 0 Å². The largest absolute Gasteiger partial charge is 0.491 e. The molecule has 1 heterocycles. The third-order valence-corrected chi connectivity index (χ3v) is 2.44. The highest BCUT2D eigenvalue weighted by atomic mass is 16.5. The van der Waals surface area contributed by atoms with Crippen LogP contribution < -0.4 is 10.5 Å². The zero-order chi connectivity index (χ0) is 12.3. The highest BCUT2D eigenvalue weighted by Gasteiger charge is 2.07. The number of hydrogen-bond donors (Lipinski definition) is 2. The van der Waals surface area contributed by atoms with Crippen LogP contribution in [-0.2, 0) is 6.54 Å². The molecule has 17 heavy (non-hydrogen) atoms. The predicted molar refractivity (Wildman–Crippen MR) is 67.7 cm³/mol. The molecule has 0 saturated heterocycles. The molecule has 0 radical (unpaired) electrons. The summed E-state index contributed by atoms with van der Waals surface area (Å²) in [6.07, 6.45) is 1.95. The number of nitrogens with zero attached hydrogens (tertiary/aromatic N) is 1. The molecular weight excluding hydrogens is 214 g/mol. The molecule has 2 rings (SSSR count). The Balaban J connectivity index is 2.34. The monoisotopic (exact) mass is 231 g/mol. The lowest BCUT2D eigenvalue weighted by Crippen LogP contribution is -2.09. The molecule has 4 nitrogen and oxygen atoms in total. The van der Waals surface area contributed by atoms with Crippen molar-refractivity contribution < 1.29 is 4.74 Å². The Morgan fingerprint density at radius 2 is 2.18 bits per heavy atom. The van der Waals surface area contributed by atoms with Crippen molar-refractivity contribution in [3.8, 4) is 17.0 Å². The van der Waals surface area contributed by atoms with Crippen LogP contribution in [-0.4, -0.2) is 16.3 Å². The van der Waals surface area contributed by atoms with Crippen LogP contribution in [0, 0.1) is 0 Å². The quantitative estimate of drug-likeness (QED) is 0.848. The zero-order valence-corrected chi connectivity index (χ0v) is 10.1. The summed E-state index contributed by atoms with van der Waals surface area (Å²) in [5.41, 5.74) is 8.70. The zero-order valence-electron chi connectivity index (χ0n) is 10.1. The standard InChI is InChI=1S/C13H17N3O/c1-9(2)17-13-4-3-10(7-11(13)8-14)12-5-6-15-16-12/h3-7,9H,8,14H2,1-2H3,(H,15,16). The van der Waals surface area contributed by atoms with Crippen molar-refractivity contribution in [3.05, 3.63) is 36.0 Å². The van der Waals surface area contributed by atoms with Crippen LogP contribution in [0.1, 0.15) is 19.4 Å². The van der Waals surface area contributed by atoms with Crippen LogP contribution in [0.15, 0.2) is 30.5 Å². The summed E-state index contributed by atoms with van der Waals surface area (Å²) in [6, 6.07) is 7.89. The third kappa shape index (κ3) is 2.65.